The quantitative estimate of drug-likeness (QED) is 0.896. The minimum Gasteiger partial charge on any atom is -0.325 e. The van der Waals surface area contributed by atoms with Crippen LogP contribution in [0.5, 0.6) is 0 Å². The molecule has 2 aromatic carbocycles. The number of thioether (sulfide) groups is 1. The van der Waals surface area contributed by atoms with E-state index in [1.54, 1.807) is 4.90 Å². The number of amides is 2. The monoisotopic (exact) mass is 355 g/mol. The number of nitrogens with one attached hydrogen (secondary N) is 1. The van der Waals surface area contributed by atoms with Gasteiger partial charge in [-0.2, -0.15) is 0 Å². The molecule has 3 rings (SSSR count). The molecule has 0 atom stereocenters. The third kappa shape index (κ3) is 4.41. The molecule has 0 saturated heterocycles. The molecule has 2 amide bonds. The molecule has 1 N–H and O–H groups in total. The fourth-order valence-corrected chi connectivity index (χ4v) is 3.72. The summed E-state index contributed by atoms with van der Waals surface area (Å²) in [5, 5.41) is 2.90. The summed E-state index contributed by atoms with van der Waals surface area (Å²) in [6.45, 7) is 0.827. The van der Waals surface area contributed by atoms with E-state index in [1.807, 2.05) is 62.6 Å². The molecule has 0 bridgehead atoms. The van der Waals surface area contributed by atoms with Crippen molar-refractivity contribution in [2.75, 3.05) is 36.6 Å². The Kier molecular flexibility index (Phi) is 5.40. The van der Waals surface area contributed by atoms with Crippen LogP contribution in [0.15, 0.2) is 53.4 Å². The summed E-state index contributed by atoms with van der Waals surface area (Å²) < 4.78 is 0. The highest BCUT2D eigenvalue weighted by Gasteiger charge is 2.26. The van der Waals surface area contributed by atoms with Crippen LogP contribution in [0.4, 0.5) is 11.4 Å². The fourth-order valence-electron chi connectivity index (χ4n) is 2.78. The lowest BCUT2D eigenvalue weighted by Gasteiger charge is -2.28. The van der Waals surface area contributed by atoms with Crippen LogP contribution in [0.25, 0.3) is 0 Å². The lowest BCUT2D eigenvalue weighted by molar-refractivity contribution is -0.120. The molecule has 0 radical (unpaired) electrons. The van der Waals surface area contributed by atoms with E-state index in [-0.39, 0.29) is 18.4 Å². The van der Waals surface area contributed by atoms with Crippen molar-refractivity contribution in [1.82, 2.24) is 4.90 Å². The Balaban J connectivity index is 1.70. The molecule has 0 saturated carbocycles. The Hall–Kier alpha value is -2.31. The molecular formula is C19H21N3O2S. The number of hydrogen-bond donors (Lipinski definition) is 1. The maximum Gasteiger partial charge on any atom is 0.244 e. The summed E-state index contributed by atoms with van der Waals surface area (Å²) in [4.78, 5) is 29.3. The average Bonchev–Trinajstić information content (AvgIpc) is 2.57. The third-order valence-corrected chi connectivity index (χ3v) is 4.87. The molecule has 1 heterocycles. The highest BCUT2D eigenvalue weighted by atomic mass is 32.2. The highest BCUT2D eigenvalue weighted by Crippen LogP contribution is 2.34. The van der Waals surface area contributed by atoms with Crippen molar-refractivity contribution in [2.45, 2.75) is 11.4 Å². The van der Waals surface area contributed by atoms with Gasteiger partial charge >= 0.3 is 0 Å². The molecule has 25 heavy (non-hydrogen) atoms. The van der Waals surface area contributed by atoms with Crippen LogP contribution >= 0.6 is 11.8 Å². The maximum absolute atomic E-state index is 12.4. The van der Waals surface area contributed by atoms with Crippen LogP contribution in [0, 0.1) is 0 Å². The largest absolute Gasteiger partial charge is 0.325 e. The Bertz CT molecular complexity index is 792. The number of benzene rings is 2. The van der Waals surface area contributed by atoms with E-state index in [1.165, 1.54) is 11.8 Å². The minimum absolute atomic E-state index is 0.0221. The predicted octanol–water partition coefficient (Wildman–Crippen LogP) is 2.83. The molecule has 0 unspecified atom stereocenters. The van der Waals surface area contributed by atoms with Crippen molar-refractivity contribution in [1.29, 1.82) is 0 Å². The fraction of sp³-hybridized carbons (Fsp3) is 0.263. The van der Waals surface area contributed by atoms with Crippen LogP contribution < -0.4 is 10.2 Å². The summed E-state index contributed by atoms with van der Waals surface area (Å²) in [6.07, 6.45) is 0. The zero-order valence-electron chi connectivity index (χ0n) is 14.4. The first-order valence-corrected chi connectivity index (χ1v) is 9.07. The average molecular weight is 355 g/mol. The van der Waals surface area contributed by atoms with Gasteiger partial charge in [0, 0.05) is 17.1 Å². The molecule has 0 aromatic heterocycles. The van der Waals surface area contributed by atoms with E-state index >= 15 is 0 Å². The summed E-state index contributed by atoms with van der Waals surface area (Å²) in [7, 11) is 4.01. The van der Waals surface area contributed by atoms with Crippen LogP contribution in [0.2, 0.25) is 0 Å². The van der Waals surface area contributed by atoms with Crippen LogP contribution in [-0.4, -0.2) is 43.1 Å². The number of carbonyl (C=O) groups is 2. The number of rotatable bonds is 5. The van der Waals surface area contributed by atoms with E-state index in [0.29, 0.717) is 5.75 Å². The Labute approximate surface area is 152 Å². The predicted molar refractivity (Wildman–Crippen MR) is 102 cm³/mol. The van der Waals surface area contributed by atoms with Crippen molar-refractivity contribution in [3.8, 4) is 0 Å². The number of anilines is 2. The normalized spacial score (nSPS) is 13.7. The molecule has 130 valence electrons. The van der Waals surface area contributed by atoms with Crippen LogP contribution in [0.3, 0.4) is 0 Å². The molecule has 5 nitrogen and oxygen atoms in total. The van der Waals surface area contributed by atoms with Crippen LogP contribution in [-0.2, 0) is 16.1 Å². The van der Waals surface area contributed by atoms with Crippen molar-refractivity contribution in [3.63, 3.8) is 0 Å². The van der Waals surface area contributed by atoms with E-state index < -0.39 is 0 Å². The van der Waals surface area contributed by atoms with Crippen molar-refractivity contribution in [2.24, 2.45) is 0 Å². The number of nitrogens with zero attached hydrogens (tertiary/aromatic N) is 2. The number of para-hydroxylation sites is 1. The molecule has 1 aliphatic heterocycles. The highest BCUT2D eigenvalue weighted by molar-refractivity contribution is 8.00. The zero-order valence-corrected chi connectivity index (χ0v) is 15.2. The van der Waals surface area contributed by atoms with Crippen molar-refractivity contribution in [3.05, 3.63) is 54.1 Å². The van der Waals surface area contributed by atoms with E-state index in [4.69, 9.17) is 0 Å². The van der Waals surface area contributed by atoms with Gasteiger partial charge in [0.15, 0.2) is 0 Å². The summed E-state index contributed by atoms with van der Waals surface area (Å²) >= 11 is 1.51. The topological polar surface area (TPSA) is 52.7 Å². The molecule has 0 spiro atoms. The van der Waals surface area contributed by atoms with Gasteiger partial charge in [0.1, 0.15) is 6.54 Å². The Morgan fingerprint density at radius 1 is 1.20 bits per heavy atom. The van der Waals surface area contributed by atoms with Crippen LogP contribution in [0.1, 0.15) is 5.56 Å². The minimum atomic E-state index is -0.197. The van der Waals surface area contributed by atoms with Gasteiger partial charge < -0.3 is 15.1 Å². The molecule has 2 aromatic rings. The van der Waals surface area contributed by atoms with Crippen molar-refractivity contribution < 1.29 is 9.59 Å². The van der Waals surface area contributed by atoms with E-state index in [9.17, 15) is 9.59 Å². The molecular weight excluding hydrogens is 334 g/mol. The lowest BCUT2D eigenvalue weighted by Crippen LogP contribution is -2.41. The van der Waals surface area contributed by atoms with Gasteiger partial charge in [-0.05, 0) is 43.9 Å². The Morgan fingerprint density at radius 3 is 2.80 bits per heavy atom. The third-order valence-electron chi connectivity index (χ3n) is 3.82. The molecule has 0 fully saturated rings. The summed E-state index contributed by atoms with van der Waals surface area (Å²) in [5.41, 5.74) is 2.68. The van der Waals surface area contributed by atoms with Gasteiger partial charge in [0.25, 0.3) is 0 Å². The molecule has 6 heteroatoms. The maximum atomic E-state index is 12.4. The van der Waals surface area contributed by atoms with Gasteiger partial charge in [-0.1, -0.05) is 24.3 Å². The number of hydrogen-bond acceptors (Lipinski definition) is 4. The van der Waals surface area contributed by atoms with Gasteiger partial charge in [-0.25, -0.2) is 0 Å². The lowest BCUT2D eigenvalue weighted by atomic mass is 10.2. The molecule has 1 aliphatic rings. The molecule has 0 aliphatic carbocycles. The number of carbonyl (C=O) groups excluding carboxylic acids is 2. The first kappa shape index (κ1) is 17.5. The standard InChI is InChI=1S/C19H21N3O2S/c1-21(2)11-14-6-5-7-15(10-14)20-18(23)12-22-16-8-3-4-9-17(16)25-13-19(22)24/h3-10H,11-13H2,1-2H3,(H,20,23). The van der Waals surface area contributed by atoms with Crippen molar-refractivity contribution >= 4 is 35.0 Å². The van der Waals surface area contributed by atoms with E-state index in [0.717, 1.165) is 28.4 Å². The first-order valence-electron chi connectivity index (χ1n) is 8.08. The first-order chi connectivity index (χ1) is 12.0. The second kappa shape index (κ2) is 7.72. The second-order valence-electron chi connectivity index (χ2n) is 6.22. The van der Waals surface area contributed by atoms with Gasteiger partial charge in [0.05, 0.1) is 11.4 Å². The SMILES string of the molecule is CN(C)Cc1cccc(NC(=O)CN2C(=O)CSc3ccccc32)c1. The summed E-state index contributed by atoms with van der Waals surface area (Å²) in [6, 6.07) is 15.4. The van der Waals surface area contributed by atoms with Gasteiger partial charge in [-0.3, -0.25) is 9.59 Å². The smallest absolute Gasteiger partial charge is 0.244 e. The zero-order chi connectivity index (χ0) is 17.8. The van der Waals surface area contributed by atoms with Gasteiger partial charge in [-0.15, -0.1) is 11.8 Å². The van der Waals surface area contributed by atoms with Gasteiger partial charge in [0.2, 0.25) is 11.8 Å². The summed E-state index contributed by atoms with van der Waals surface area (Å²) in [5.74, 6) is 0.125. The van der Waals surface area contributed by atoms with E-state index in [2.05, 4.69) is 10.2 Å². The number of fused-ring (bicyclic) bond motifs is 1. The second-order valence-corrected chi connectivity index (χ2v) is 7.24. The Morgan fingerprint density at radius 2 is 2.00 bits per heavy atom.